The van der Waals surface area contributed by atoms with Gasteiger partial charge in [0.1, 0.15) is 11.6 Å². The van der Waals surface area contributed by atoms with Crippen molar-refractivity contribution in [2.75, 3.05) is 13.2 Å². The number of nitrogens with zero attached hydrogens (tertiary/aromatic N) is 1. The molecule has 0 saturated heterocycles. The van der Waals surface area contributed by atoms with Crippen LogP contribution < -0.4 is 16.0 Å². The number of guanidine groups is 1. The zero-order valence-corrected chi connectivity index (χ0v) is 16.9. The first-order chi connectivity index (χ1) is 13.4. The van der Waals surface area contributed by atoms with Gasteiger partial charge in [-0.2, -0.15) is 0 Å². The molecule has 29 heavy (non-hydrogen) atoms. The van der Waals surface area contributed by atoms with Gasteiger partial charge in [-0.1, -0.05) is 0 Å². The van der Waals surface area contributed by atoms with E-state index < -0.39 is 35.0 Å². The number of aliphatic carboxylic acids is 1. The Morgan fingerprint density at radius 3 is 2.34 bits per heavy atom. The highest BCUT2D eigenvalue weighted by Crippen LogP contribution is 2.07. The van der Waals surface area contributed by atoms with Gasteiger partial charge in [-0.25, -0.2) is 9.59 Å². The SMILES string of the molecule is CC(C)(C)OC(=O)NC(CCCNC(=N)NC(=O)CCCCON(O)O)C(=O)O. The van der Waals surface area contributed by atoms with Crippen LogP contribution in [0.3, 0.4) is 0 Å². The van der Waals surface area contributed by atoms with Crippen molar-refractivity contribution in [2.45, 2.75) is 64.5 Å². The summed E-state index contributed by atoms with van der Waals surface area (Å²) in [6.45, 7) is 5.24. The molecule has 1 atom stereocenters. The van der Waals surface area contributed by atoms with Gasteiger partial charge in [-0.15, -0.1) is 0 Å². The van der Waals surface area contributed by atoms with Crippen molar-refractivity contribution in [3.63, 3.8) is 0 Å². The monoisotopic (exact) mass is 421 g/mol. The Kier molecular flexibility index (Phi) is 12.5. The zero-order valence-electron chi connectivity index (χ0n) is 16.9. The number of carbonyl (C=O) groups is 3. The molecule has 13 heteroatoms. The largest absolute Gasteiger partial charge is 0.480 e. The summed E-state index contributed by atoms with van der Waals surface area (Å²) < 4.78 is 5.02. The third kappa shape index (κ3) is 16.2. The Bertz CT molecular complexity index is 550. The van der Waals surface area contributed by atoms with Crippen LogP contribution in [0.2, 0.25) is 0 Å². The fourth-order valence-electron chi connectivity index (χ4n) is 2.01. The van der Waals surface area contributed by atoms with Crippen LogP contribution in [0.25, 0.3) is 0 Å². The number of hydrogen-bond acceptors (Lipinski definition) is 9. The van der Waals surface area contributed by atoms with Crippen molar-refractivity contribution in [3.05, 3.63) is 0 Å². The van der Waals surface area contributed by atoms with E-state index in [1.807, 2.05) is 0 Å². The van der Waals surface area contributed by atoms with E-state index in [0.717, 1.165) is 0 Å². The predicted molar refractivity (Wildman–Crippen MR) is 99.1 cm³/mol. The van der Waals surface area contributed by atoms with Crippen LogP contribution in [-0.4, -0.2) is 69.6 Å². The minimum Gasteiger partial charge on any atom is -0.480 e. The minimum atomic E-state index is -1.20. The molecule has 0 saturated carbocycles. The molecule has 1 unspecified atom stereocenters. The molecule has 168 valence electrons. The molecule has 0 aliphatic heterocycles. The Labute approximate surface area is 168 Å². The number of amides is 2. The third-order valence-electron chi connectivity index (χ3n) is 3.23. The lowest BCUT2D eigenvalue weighted by atomic mass is 10.1. The topological polar surface area (TPSA) is 194 Å². The van der Waals surface area contributed by atoms with E-state index in [2.05, 4.69) is 20.8 Å². The van der Waals surface area contributed by atoms with Gasteiger partial charge in [0.2, 0.25) is 5.91 Å². The van der Waals surface area contributed by atoms with E-state index >= 15 is 0 Å². The number of carbonyl (C=O) groups excluding carboxylic acids is 2. The summed E-state index contributed by atoms with van der Waals surface area (Å²) in [6.07, 6.45) is 0.548. The van der Waals surface area contributed by atoms with Crippen LogP contribution >= 0.6 is 0 Å². The number of ether oxygens (including phenoxy) is 1. The summed E-state index contributed by atoms with van der Waals surface area (Å²) in [7, 11) is 0. The maximum Gasteiger partial charge on any atom is 0.408 e. The van der Waals surface area contributed by atoms with Gasteiger partial charge in [0, 0.05) is 13.0 Å². The highest BCUT2D eigenvalue weighted by Gasteiger charge is 2.23. The first-order valence-corrected chi connectivity index (χ1v) is 9.06. The van der Waals surface area contributed by atoms with E-state index in [4.69, 9.17) is 25.7 Å². The first-order valence-electron chi connectivity index (χ1n) is 9.06. The first kappa shape index (κ1) is 26.5. The third-order valence-corrected chi connectivity index (χ3v) is 3.23. The zero-order chi connectivity index (χ0) is 22.4. The molecule has 0 rings (SSSR count). The molecular weight excluding hydrogens is 390 g/mol. The van der Waals surface area contributed by atoms with Gasteiger partial charge in [0.25, 0.3) is 0 Å². The number of hydrogen-bond donors (Lipinski definition) is 7. The van der Waals surface area contributed by atoms with Crippen LogP contribution in [0.4, 0.5) is 4.79 Å². The number of carboxylic acid groups (broad SMARTS) is 1. The molecule has 0 aliphatic carbocycles. The van der Waals surface area contributed by atoms with E-state index in [1.165, 1.54) is 0 Å². The molecule has 0 radical (unpaired) electrons. The van der Waals surface area contributed by atoms with E-state index in [9.17, 15) is 14.4 Å². The van der Waals surface area contributed by atoms with E-state index in [0.29, 0.717) is 19.3 Å². The van der Waals surface area contributed by atoms with Crippen molar-refractivity contribution in [1.29, 1.82) is 5.41 Å². The average molecular weight is 421 g/mol. The summed E-state index contributed by atoms with van der Waals surface area (Å²) >= 11 is 0. The van der Waals surface area contributed by atoms with E-state index in [-0.39, 0.29) is 32.0 Å². The number of alkyl carbamates (subject to hydrolysis) is 1. The standard InChI is InChI=1S/C16H31N5O8/c1-16(2,3)29-15(25)19-11(13(23)24)7-6-9-18-14(17)20-12(22)8-4-5-10-28-21(26)27/h11,26-27H,4-10H2,1-3H3,(H,19,25)(H,23,24)(H3,17,18,20,22). The summed E-state index contributed by atoms with van der Waals surface area (Å²) in [5.74, 6) is -1.83. The Balaban J connectivity index is 4.02. The number of unbranched alkanes of at least 4 members (excludes halogenated alkanes) is 1. The number of carboxylic acids is 1. The smallest absolute Gasteiger partial charge is 0.408 e. The second kappa shape index (κ2) is 13.7. The molecule has 0 spiro atoms. The fraction of sp³-hybridized carbons (Fsp3) is 0.750. The second-order valence-electron chi connectivity index (χ2n) is 7.07. The molecule has 0 fully saturated rings. The van der Waals surface area contributed by atoms with Crippen LogP contribution in [0.15, 0.2) is 0 Å². The molecular formula is C16H31N5O8. The quantitative estimate of drug-likeness (QED) is 0.101. The molecule has 13 nitrogen and oxygen atoms in total. The van der Waals surface area contributed by atoms with Gasteiger partial charge in [0.15, 0.2) is 5.96 Å². The molecule has 0 bridgehead atoms. The highest BCUT2D eigenvalue weighted by atomic mass is 17.1. The molecule has 0 aromatic heterocycles. The van der Waals surface area contributed by atoms with Crippen molar-refractivity contribution in [2.24, 2.45) is 0 Å². The van der Waals surface area contributed by atoms with Gasteiger partial charge in [-0.3, -0.25) is 30.8 Å². The van der Waals surface area contributed by atoms with Gasteiger partial charge in [-0.05, 0) is 46.5 Å². The Hall–Kier alpha value is -2.48. The lowest BCUT2D eigenvalue weighted by Crippen LogP contribution is -2.44. The van der Waals surface area contributed by atoms with Crippen LogP contribution in [0, 0.1) is 5.41 Å². The number of rotatable bonds is 12. The number of nitrogens with one attached hydrogen (secondary N) is 4. The highest BCUT2D eigenvalue weighted by molar-refractivity contribution is 5.95. The molecule has 0 aromatic carbocycles. The minimum absolute atomic E-state index is 0.0258. The summed E-state index contributed by atoms with van der Waals surface area (Å²) in [5, 5.41) is 40.3. The predicted octanol–water partition coefficient (Wildman–Crippen LogP) is 0.567. The fourth-order valence-corrected chi connectivity index (χ4v) is 2.01. The van der Waals surface area contributed by atoms with Crippen LogP contribution in [-0.2, 0) is 19.2 Å². The van der Waals surface area contributed by atoms with Gasteiger partial charge in [0.05, 0.1) is 12.0 Å². The van der Waals surface area contributed by atoms with Crippen LogP contribution in [0.1, 0.15) is 52.9 Å². The Morgan fingerprint density at radius 1 is 1.14 bits per heavy atom. The summed E-state index contributed by atoms with van der Waals surface area (Å²) in [5.41, 5.74) is -0.743. The van der Waals surface area contributed by atoms with Crippen molar-refractivity contribution in [1.82, 2.24) is 21.3 Å². The van der Waals surface area contributed by atoms with Crippen molar-refractivity contribution in [3.8, 4) is 0 Å². The maximum atomic E-state index is 11.7. The summed E-state index contributed by atoms with van der Waals surface area (Å²) in [4.78, 5) is 38.9. The average Bonchev–Trinajstić information content (AvgIpc) is 2.55. The van der Waals surface area contributed by atoms with E-state index in [1.54, 1.807) is 20.8 Å². The van der Waals surface area contributed by atoms with Crippen molar-refractivity contribution < 1.29 is 39.5 Å². The normalized spacial score (nSPS) is 12.2. The second-order valence-corrected chi connectivity index (χ2v) is 7.07. The molecule has 0 aliphatic rings. The lowest BCUT2D eigenvalue weighted by molar-refractivity contribution is -0.492. The molecule has 0 heterocycles. The maximum absolute atomic E-state index is 11.7. The molecule has 0 aromatic rings. The van der Waals surface area contributed by atoms with Crippen molar-refractivity contribution >= 4 is 23.9 Å². The van der Waals surface area contributed by atoms with Gasteiger partial charge < -0.3 is 20.5 Å². The molecule has 7 N–H and O–H groups in total. The molecule has 2 amide bonds. The van der Waals surface area contributed by atoms with Crippen LogP contribution in [0.5, 0.6) is 0 Å². The summed E-state index contributed by atoms with van der Waals surface area (Å²) in [6, 6.07) is -1.13. The Morgan fingerprint density at radius 2 is 1.79 bits per heavy atom. The lowest BCUT2D eigenvalue weighted by Gasteiger charge is -2.22. The van der Waals surface area contributed by atoms with Gasteiger partial charge >= 0.3 is 12.1 Å².